The first-order valence-corrected chi connectivity index (χ1v) is 5.91. The fourth-order valence-corrected chi connectivity index (χ4v) is 2.33. The first-order valence-electron chi connectivity index (χ1n) is 5.91. The van der Waals surface area contributed by atoms with E-state index in [1.54, 1.807) is 6.21 Å². The summed E-state index contributed by atoms with van der Waals surface area (Å²) in [6, 6.07) is 3.93. The Balaban J connectivity index is 2.02. The van der Waals surface area contributed by atoms with Crippen molar-refractivity contribution in [3.63, 3.8) is 0 Å². The number of amides is 1. The van der Waals surface area contributed by atoms with Gasteiger partial charge in [-0.15, -0.1) is 0 Å². The zero-order chi connectivity index (χ0) is 12.7. The van der Waals surface area contributed by atoms with Crippen LogP contribution in [0.1, 0.15) is 25.0 Å². The van der Waals surface area contributed by atoms with Gasteiger partial charge in [0.1, 0.15) is 0 Å². The summed E-state index contributed by atoms with van der Waals surface area (Å²) >= 11 is 0. The summed E-state index contributed by atoms with van der Waals surface area (Å²) in [5, 5.41) is 5.74. The van der Waals surface area contributed by atoms with Crippen LogP contribution in [-0.4, -0.2) is 30.0 Å². The summed E-state index contributed by atoms with van der Waals surface area (Å²) in [6.45, 7) is 3.78. The predicted molar refractivity (Wildman–Crippen MR) is 65.8 cm³/mol. The highest BCUT2D eigenvalue weighted by atomic mass is 16.7. The van der Waals surface area contributed by atoms with E-state index in [0.717, 1.165) is 29.0 Å². The normalized spacial score (nSPS) is 20.6. The van der Waals surface area contributed by atoms with Crippen LogP contribution >= 0.6 is 0 Å². The molecule has 1 aromatic rings. The Morgan fingerprint density at radius 2 is 2.11 bits per heavy atom. The number of hydrogen-bond acceptors (Lipinski definition) is 4. The van der Waals surface area contributed by atoms with Gasteiger partial charge in [-0.25, -0.2) is 5.01 Å². The molecule has 3 rings (SSSR count). The predicted octanol–water partition coefficient (Wildman–Crippen LogP) is 1.54. The molecule has 1 atom stereocenters. The van der Waals surface area contributed by atoms with Crippen molar-refractivity contribution in [1.29, 1.82) is 0 Å². The van der Waals surface area contributed by atoms with E-state index >= 15 is 0 Å². The molecule has 0 bridgehead atoms. The molecule has 1 unspecified atom stereocenters. The van der Waals surface area contributed by atoms with Crippen LogP contribution in [0.4, 0.5) is 0 Å². The van der Waals surface area contributed by atoms with Gasteiger partial charge in [0, 0.05) is 12.5 Å². The average molecular weight is 246 g/mol. The lowest BCUT2D eigenvalue weighted by Gasteiger charge is -2.21. The zero-order valence-corrected chi connectivity index (χ0v) is 10.3. The maximum atomic E-state index is 11.5. The highest BCUT2D eigenvalue weighted by Gasteiger charge is 2.23. The van der Waals surface area contributed by atoms with Gasteiger partial charge in [0.05, 0.1) is 12.3 Å². The minimum Gasteiger partial charge on any atom is -0.454 e. The maximum Gasteiger partial charge on any atom is 0.239 e. The molecule has 5 heteroatoms. The summed E-state index contributed by atoms with van der Waals surface area (Å²) in [6.07, 6.45) is 2.47. The van der Waals surface area contributed by atoms with E-state index in [1.807, 2.05) is 19.1 Å². The van der Waals surface area contributed by atoms with Crippen molar-refractivity contribution >= 4 is 12.1 Å². The van der Waals surface area contributed by atoms with Crippen LogP contribution in [0.15, 0.2) is 17.2 Å². The summed E-state index contributed by atoms with van der Waals surface area (Å²) in [5.74, 6) is 1.46. The third-order valence-electron chi connectivity index (χ3n) is 3.21. The molecule has 0 saturated carbocycles. The number of hydrogen-bond donors (Lipinski definition) is 0. The molecule has 0 aliphatic carbocycles. The molecule has 0 N–H and O–H groups in total. The Kier molecular flexibility index (Phi) is 2.47. The third-order valence-corrected chi connectivity index (χ3v) is 3.21. The second-order valence-electron chi connectivity index (χ2n) is 4.57. The van der Waals surface area contributed by atoms with Gasteiger partial charge in [0.25, 0.3) is 0 Å². The number of hydrazone groups is 1. The lowest BCUT2D eigenvalue weighted by molar-refractivity contribution is -0.130. The molecule has 0 fully saturated rings. The van der Waals surface area contributed by atoms with Crippen LogP contribution < -0.4 is 9.47 Å². The van der Waals surface area contributed by atoms with Gasteiger partial charge >= 0.3 is 0 Å². The maximum absolute atomic E-state index is 11.5. The van der Waals surface area contributed by atoms with E-state index in [4.69, 9.17) is 9.47 Å². The number of benzene rings is 1. The van der Waals surface area contributed by atoms with Gasteiger partial charge in [-0.3, -0.25) is 4.79 Å². The van der Waals surface area contributed by atoms with E-state index in [0.29, 0.717) is 0 Å². The lowest BCUT2D eigenvalue weighted by Crippen LogP contribution is -2.33. The molecule has 0 radical (unpaired) electrons. The van der Waals surface area contributed by atoms with Gasteiger partial charge in [-0.2, -0.15) is 5.10 Å². The van der Waals surface area contributed by atoms with Crippen molar-refractivity contribution in [3.05, 3.63) is 23.3 Å². The van der Waals surface area contributed by atoms with E-state index < -0.39 is 0 Å². The second kappa shape index (κ2) is 4.01. The Labute approximate surface area is 105 Å². The average Bonchev–Trinajstić information content (AvgIpc) is 2.68. The molecule has 1 aromatic carbocycles. The van der Waals surface area contributed by atoms with E-state index in [2.05, 4.69) is 5.10 Å². The standard InChI is InChI=1S/C13H14N2O3/c1-8-3-10-4-12-13(18-7-17-12)5-11(10)6-14-15(8)9(2)16/h4-6,8H,3,7H2,1-2H3. The Morgan fingerprint density at radius 3 is 2.83 bits per heavy atom. The van der Waals surface area contributed by atoms with Crippen LogP contribution in [0.3, 0.4) is 0 Å². The molecule has 2 aliphatic rings. The molecular weight excluding hydrogens is 232 g/mol. The van der Waals surface area contributed by atoms with Crippen LogP contribution in [0.2, 0.25) is 0 Å². The zero-order valence-electron chi connectivity index (χ0n) is 10.3. The van der Waals surface area contributed by atoms with Crippen LogP contribution in [-0.2, 0) is 11.2 Å². The van der Waals surface area contributed by atoms with E-state index in [-0.39, 0.29) is 18.7 Å². The van der Waals surface area contributed by atoms with Gasteiger partial charge in [0.2, 0.25) is 12.7 Å². The number of rotatable bonds is 0. The van der Waals surface area contributed by atoms with Crippen molar-refractivity contribution in [1.82, 2.24) is 5.01 Å². The quantitative estimate of drug-likeness (QED) is 0.697. The van der Waals surface area contributed by atoms with Crippen LogP contribution in [0.25, 0.3) is 0 Å². The van der Waals surface area contributed by atoms with Gasteiger partial charge < -0.3 is 9.47 Å². The second-order valence-corrected chi connectivity index (χ2v) is 4.57. The molecule has 2 aliphatic heterocycles. The SMILES string of the molecule is CC(=O)N1N=Cc2cc3c(cc2CC1C)OCO3. The van der Waals surface area contributed by atoms with Crippen LogP contribution in [0.5, 0.6) is 11.5 Å². The first kappa shape index (κ1) is 11.1. The summed E-state index contributed by atoms with van der Waals surface area (Å²) in [5.41, 5.74) is 2.11. The number of carbonyl (C=O) groups excluding carboxylic acids is 1. The minimum absolute atomic E-state index is 0.0420. The number of fused-ring (bicyclic) bond motifs is 2. The van der Waals surface area contributed by atoms with Gasteiger partial charge in [-0.1, -0.05) is 0 Å². The van der Waals surface area contributed by atoms with Gasteiger partial charge in [0.15, 0.2) is 11.5 Å². The Hall–Kier alpha value is -2.04. The topological polar surface area (TPSA) is 51.1 Å². The fraction of sp³-hybridized carbons (Fsp3) is 0.385. The highest BCUT2D eigenvalue weighted by Crippen LogP contribution is 2.35. The first-order chi connectivity index (χ1) is 8.65. The van der Waals surface area contributed by atoms with Crippen molar-refractivity contribution in [3.8, 4) is 11.5 Å². The smallest absolute Gasteiger partial charge is 0.239 e. The fourth-order valence-electron chi connectivity index (χ4n) is 2.33. The largest absolute Gasteiger partial charge is 0.454 e. The van der Waals surface area contributed by atoms with Crippen molar-refractivity contribution in [2.45, 2.75) is 26.3 Å². The minimum atomic E-state index is -0.0494. The van der Waals surface area contributed by atoms with Crippen LogP contribution in [0, 0.1) is 0 Å². The van der Waals surface area contributed by atoms with E-state index in [1.165, 1.54) is 11.9 Å². The van der Waals surface area contributed by atoms with Gasteiger partial charge in [-0.05, 0) is 31.0 Å². The summed E-state index contributed by atoms with van der Waals surface area (Å²) in [4.78, 5) is 11.5. The van der Waals surface area contributed by atoms with Crippen molar-refractivity contribution in [2.75, 3.05) is 6.79 Å². The molecule has 0 saturated heterocycles. The molecule has 0 spiro atoms. The summed E-state index contributed by atoms with van der Waals surface area (Å²) in [7, 11) is 0. The molecular formula is C13H14N2O3. The molecule has 94 valence electrons. The van der Waals surface area contributed by atoms with E-state index in [9.17, 15) is 4.79 Å². The monoisotopic (exact) mass is 246 g/mol. The number of carbonyl (C=O) groups is 1. The molecule has 5 nitrogen and oxygen atoms in total. The Bertz CT molecular complexity index is 539. The number of nitrogens with zero attached hydrogens (tertiary/aromatic N) is 2. The molecule has 2 heterocycles. The number of ether oxygens (including phenoxy) is 2. The summed E-state index contributed by atoms with van der Waals surface area (Å²) < 4.78 is 10.7. The molecule has 18 heavy (non-hydrogen) atoms. The van der Waals surface area contributed by atoms with Crippen molar-refractivity contribution in [2.24, 2.45) is 5.10 Å². The lowest BCUT2D eigenvalue weighted by atomic mass is 10.0. The third kappa shape index (κ3) is 1.72. The molecule has 0 aromatic heterocycles. The van der Waals surface area contributed by atoms with Crippen molar-refractivity contribution < 1.29 is 14.3 Å². The molecule has 1 amide bonds. The highest BCUT2D eigenvalue weighted by molar-refractivity contribution is 5.85. The Morgan fingerprint density at radius 1 is 1.39 bits per heavy atom.